The van der Waals surface area contributed by atoms with Gasteiger partial charge in [0.15, 0.2) is 0 Å². The van der Waals surface area contributed by atoms with Crippen LogP contribution in [0.1, 0.15) is 52.4 Å². The molecule has 1 amide bonds. The number of amides is 1. The average Bonchev–Trinajstić information content (AvgIpc) is 2.00. The minimum Gasteiger partial charge on any atom is -0.389 e. The lowest BCUT2D eigenvalue weighted by Gasteiger charge is -2.26. The Morgan fingerprint density at radius 1 is 1.31 bits per heavy atom. The maximum atomic E-state index is 10.7. The van der Waals surface area contributed by atoms with Crippen molar-refractivity contribution >= 4 is 5.91 Å². The van der Waals surface area contributed by atoms with Crippen molar-refractivity contribution in [2.45, 2.75) is 58.0 Å². The molecule has 0 fully saturated rings. The number of unbranched alkanes of at least 4 members (excludes halogenated alkanes) is 1. The van der Waals surface area contributed by atoms with Gasteiger partial charge in [-0.2, -0.15) is 0 Å². The molecule has 0 aromatic heterocycles. The minimum atomic E-state index is -0.851. The third-order valence-electron chi connectivity index (χ3n) is 2.21. The summed E-state index contributed by atoms with van der Waals surface area (Å²) >= 11 is 0. The van der Waals surface area contributed by atoms with E-state index >= 15 is 0 Å². The molecule has 0 rings (SSSR count). The van der Waals surface area contributed by atoms with Crippen molar-refractivity contribution in [3.63, 3.8) is 0 Å². The van der Waals surface area contributed by atoms with E-state index in [1.807, 2.05) is 6.92 Å². The van der Waals surface area contributed by atoms with Crippen molar-refractivity contribution in [2.75, 3.05) is 0 Å². The number of aliphatic hydroxyl groups is 1. The molecule has 0 saturated carbocycles. The first-order valence-electron chi connectivity index (χ1n) is 5.04. The fraction of sp³-hybridized carbons (Fsp3) is 0.900. The first-order valence-corrected chi connectivity index (χ1v) is 5.04. The lowest BCUT2D eigenvalue weighted by atomic mass is 9.88. The van der Waals surface area contributed by atoms with E-state index in [0.717, 1.165) is 19.3 Å². The molecular weight excluding hydrogens is 166 g/mol. The van der Waals surface area contributed by atoms with Crippen molar-refractivity contribution < 1.29 is 9.90 Å². The maximum Gasteiger partial charge on any atom is 0.220 e. The molecule has 0 aliphatic heterocycles. The minimum absolute atomic E-state index is 0.0981. The fourth-order valence-electron chi connectivity index (χ4n) is 1.60. The Labute approximate surface area is 80.3 Å². The molecule has 1 atom stereocenters. The van der Waals surface area contributed by atoms with Gasteiger partial charge in [-0.15, -0.1) is 0 Å². The van der Waals surface area contributed by atoms with E-state index < -0.39 is 11.5 Å². The van der Waals surface area contributed by atoms with Gasteiger partial charge in [-0.3, -0.25) is 4.79 Å². The van der Waals surface area contributed by atoms with E-state index in [9.17, 15) is 9.90 Å². The lowest BCUT2D eigenvalue weighted by molar-refractivity contribution is -0.123. The van der Waals surface area contributed by atoms with Crippen molar-refractivity contribution in [1.29, 1.82) is 0 Å². The van der Waals surface area contributed by atoms with Crippen molar-refractivity contribution in [1.82, 2.24) is 0 Å². The van der Waals surface area contributed by atoms with Gasteiger partial charge in [-0.05, 0) is 12.8 Å². The second kappa shape index (κ2) is 5.97. The molecule has 0 radical (unpaired) electrons. The molecule has 1 unspecified atom stereocenters. The number of primary amides is 1. The van der Waals surface area contributed by atoms with Gasteiger partial charge in [-0.1, -0.05) is 33.1 Å². The quantitative estimate of drug-likeness (QED) is 0.635. The van der Waals surface area contributed by atoms with Crippen LogP contribution in [0.4, 0.5) is 0 Å². The first kappa shape index (κ1) is 12.4. The van der Waals surface area contributed by atoms with Gasteiger partial charge in [-0.25, -0.2) is 0 Å². The standard InChI is InChI=1S/C10H21NO2/c1-3-5-7-10(13,6-4-2)8-9(11)12/h13H,3-8H2,1-2H3,(H2,11,12). The highest BCUT2D eigenvalue weighted by Crippen LogP contribution is 2.23. The van der Waals surface area contributed by atoms with Gasteiger partial charge in [0.2, 0.25) is 5.91 Å². The van der Waals surface area contributed by atoms with Crippen molar-refractivity contribution in [2.24, 2.45) is 5.73 Å². The summed E-state index contributed by atoms with van der Waals surface area (Å²) in [5.41, 5.74) is 4.23. The van der Waals surface area contributed by atoms with Crippen LogP contribution in [0.25, 0.3) is 0 Å². The van der Waals surface area contributed by atoms with Crippen LogP contribution < -0.4 is 5.73 Å². The second-order valence-electron chi connectivity index (χ2n) is 3.72. The molecule has 0 spiro atoms. The Balaban J connectivity index is 4.06. The fourth-order valence-corrected chi connectivity index (χ4v) is 1.60. The molecule has 0 saturated heterocycles. The molecule has 78 valence electrons. The van der Waals surface area contributed by atoms with Gasteiger partial charge < -0.3 is 10.8 Å². The Hall–Kier alpha value is -0.570. The third-order valence-corrected chi connectivity index (χ3v) is 2.21. The van der Waals surface area contributed by atoms with Crippen LogP contribution in [0.2, 0.25) is 0 Å². The Morgan fingerprint density at radius 2 is 1.92 bits per heavy atom. The number of rotatable bonds is 7. The summed E-state index contributed by atoms with van der Waals surface area (Å²) in [6, 6.07) is 0. The number of hydrogen-bond donors (Lipinski definition) is 2. The summed E-state index contributed by atoms with van der Waals surface area (Å²) in [5, 5.41) is 10.0. The number of hydrogen-bond acceptors (Lipinski definition) is 2. The van der Waals surface area contributed by atoms with Crippen LogP contribution in [-0.4, -0.2) is 16.6 Å². The molecule has 3 N–H and O–H groups in total. The number of carbonyl (C=O) groups is 1. The largest absolute Gasteiger partial charge is 0.389 e. The lowest BCUT2D eigenvalue weighted by Crippen LogP contribution is -2.34. The van der Waals surface area contributed by atoms with E-state index in [0.29, 0.717) is 12.8 Å². The van der Waals surface area contributed by atoms with Crippen LogP contribution in [0.5, 0.6) is 0 Å². The zero-order chi connectivity index (χ0) is 10.3. The normalized spacial score (nSPS) is 15.3. The molecule has 0 bridgehead atoms. The molecule has 0 aromatic rings. The third kappa shape index (κ3) is 5.64. The van der Waals surface area contributed by atoms with E-state index in [2.05, 4.69) is 6.92 Å². The zero-order valence-electron chi connectivity index (χ0n) is 8.68. The van der Waals surface area contributed by atoms with Gasteiger partial charge >= 0.3 is 0 Å². The second-order valence-corrected chi connectivity index (χ2v) is 3.72. The summed E-state index contributed by atoms with van der Waals surface area (Å²) < 4.78 is 0. The summed E-state index contributed by atoms with van der Waals surface area (Å²) in [6.07, 6.45) is 4.30. The topological polar surface area (TPSA) is 63.3 Å². The highest BCUT2D eigenvalue weighted by molar-refractivity contribution is 5.74. The number of nitrogens with two attached hydrogens (primary N) is 1. The zero-order valence-corrected chi connectivity index (χ0v) is 8.68. The molecule has 3 nitrogen and oxygen atoms in total. The molecule has 0 heterocycles. The summed E-state index contributed by atoms with van der Waals surface area (Å²) in [6.45, 7) is 4.06. The van der Waals surface area contributed by atoms with Crippen LogP contribution in [0.3, 0.4) is 0 Å². The van der Waals surface area contributed by atoms with Crippen LogP contribution in [0, 0.1) is 0 Å². The Kier molecular flexibility index (Phi) is 5.71. The van der Waals surface area contributed by atoms with Gasteiger partial charge in [0.25, 0.3) is 0 Å². The highest BCUT2D eigenvalue weighted by Gasteiger charge is 2.27. The van der Waals surface area contributed by atoms with E-state index in [-0.39, 0.29) is 6.42 Å². The van der Waals surface area contributed by atoms with Gasteiger partial charge in [0.05, 0.1) is 12.0 Å². The summed E-state index contributed by atoms with van der Waals surface area (Å²) in [4.78, 5) is 10.7. The molecular formula is C10H21NO2. The monoisotopic (exact) mass is 187 g/mol. The first-order chi connectivity index (χ1) is 6.04. The van der Waals surface area contributed by atoms with E-state index in [1.54, 1.807) is 0 Å². The summed E-state index contributed by atoms with van der Waals surface area (Å²) in [7, 11) is 0. The number of carbonyl (C=O) groups excluding carboxylic acids is 1. The Bertz CT molecular complexity index is 159. The Morgan fingerprint density at radius 3 is 2.31 bits per heavy atom. The predicted octanol–water partition coefficient (Wildman–Crippen LogP) is 1.58. The van der Waals surface area contributed by atoms with Crippen LogP contribution in [0.15, 0.2) is 0 Å². The van der Waals surface area contributed by atoms with Gasteiger partial charge in [0, 0.05) is 0 Å². The molecule has 0 aromatic carbocycles. The maximum absolute atomic E-state index is 10.7. The van der Waals surface area contributed by atoms with Crippen molar-refractivity contribution in [3.05, 3.63) is 0 Å². The smallest absolute Gasteiger partial charge is 0.220 e. The van der Waals surface area contributed by atoms with Gasteiger partial charge in [0.1, 0.15) is 0 Å². The van der Waals surface area contributed by atoms with Crippen LogP contribution in [-0.2, 0) is 4.79 Å². The SMILES string of the molecule is CCCCC(O)(CCC)CC(N)=O. The van der Waals surface area contributed by atoms with Crippen LogP contribution >= 0.6 is 0 Å². The average molecular weight is 187 g/mol. The molecule has 0 aliphatic carbocycles. The summed E-state index contributed by atoms with van der Waals surface area (Å²) in [5.74, 6) is -0.410. The van der Waals surface area contributed by atoms with E-state index in [4.69, 9.17) is 5.73 Å². The highest BCUT2D eigenvalue weighted by atomic mass is 16.3. The van der Waals surface area contributed by atoms with Crippen molar-refractivity contribution in [3.8, 4) is 0 Å². The molecule has 0 aliphatic rings. The predicted molar refractivity (Wildman–Crippen MR) is 53.2 cm³/mol. The molecule has 3 heteroatoms. The molecule has 13 heavy (non-hydrogen) atoms. The van der Waals surface area contributed by atoms with E-state index in [1.165, 1.54) is 0 Å².